The van der Waals surface area contributed by atoms with Gasteiger partial charge in [-0.3, -0.25) is 8.78 Å². The minimum absolute atomic E-state index is 0.0974. The zero-order valence-corrected chi connectivity index (χ0v) is 15.4. The second-order valence-electron chi connectivity index (χ2n) is 6.17. The molecule has 25 heavy (non-hydrogen) atoms. The molecule has 1 aliphatic heterocycles. The molecule has 3 aromatic rings. The lowest BCUT2D eigenvalue weighted by Gasteiger charge is -2.21. The van der Waals surface area contributed by atoms with Crippen molar-refractivity contribution >= 4 is 22.4 Å². The van der Waals surface area contributed by atoms with Gasteiger partial charge in [0.15, 0.2) is 0 Å². The molecule has 0 fully saturated rings. The summed E-state index contributed by atoms with van der Waals surface area (Å²) in [4.78, 5) is 5.53. The van der Waals surface area contributed by atoms with Gasteiger partial charge in [0, 0.05) is 33.9 Å². The third-order valence-electron chi connectivity index (χ3n) is 4.56. The molecule has 0 saturated heterocycles. The first-order valence-electron chi connectivity index (χ1n) is 7.96. The third kappa shape index (κ3) is 2.71. The summed E-state index contributed by atoms with van der Waals surface area (Å²) in [5, 5.41) is 0.0974. The van der Waals surface area contributed by atoms with Gasteiger partial charge in [-0.05, 0) is 55.3 Å². The van der Waals surface area contributed by atoms with Gasteiger partial charge in [-0.1, -0.05) is 11.6 Å². The van der Waals surface area contributed by atoms with Crippen molar-refractivity contribution in [1.82, 2.24) is 9.55 Å². The Morgan fingerprint density at radius 1 is 1.20 bits per heavy atom. The van der Waals surface area contributed by atoms with Crippen LogP contribution in [0.5, 0.6) is 0 Å². The van der Waals surface area contributed by atoms with Crippen LogP contribution >= 0.6 is 11.6 Å². The predicted octanol–water partition coefficient (Wildman–Crippen LogP) is 4.48. The van der Waals surface area contributed by atoms with Crippen LogP contribution in [0.15, 0.2) is 41.3 Å². The van der Waals surface area contributed by atoms with Crippen LogP contribution in [0.4, 0.5) is 4.39 Å². The fourth-order valence-corrected chi connectivity index (χ4v) is 4.15. The lowest BCUT2D eigenvalue weighted by Crippen LogP contribution is -2.13. The Bertz CT molecular complexity index is 1030. The predicted molar refractivity (Wildman–Crippen MR) is 98.4 cm³/mol. The molecule has 128 valence electrons. The summed E-state index contributed by atoms with van der Waals surface area (Å²) in [6.07, 6.45) is 3.35. The lowest BCUT2D eigenvalue weighted by molar-refractivity contribution is 0.628. The van der Waals surface area contributed by atoms with Crippen molar-refractivity contribution in [3.05, 3.63) is 64.3 Å². The van der Waals surface area contributed by atoms with E-state index in [1.165, 1.54) is 6.07 Å². The molecule has 0 radical (unpaired) electrons. The molecule has 0 N–H and O–H groups in total. The number of aryl methyl sites for hydroxylation is 3. The summed E-state index contributed by atoms with van der Waals surface area (Å²) in [6.45, 7) is 1.95. The summed E-state index contributed by atoms with van der Waals surface area (Å²) in [5.41, 5.74) is 4.81. The Morgan fingerprint density at radius 2 is 2.00 bits per heavy atom. The number of nitrogens with zero attached hydrogens (tertiary/aromatic N) is 2. The molecule has 0 saturated carbocycles. The van der Waals surface area contributed by atoms with E-state index < -0.39 is 16.6 Å². The van der Waals surface area contributed by atoms with Crippen LogP contribution in [-0.2, 0) is 23.6 Å². The molecule has 1 atom stereocenters. The first-order valence-corrected chi connectivity index (χ1v) is 9.89. The van der Waals surface area contributed by atoms with E-state index in [1.807, 2.05) is 25.1 Å². The minimum Gasteiger partial charge on any atom is -0.296 e. The number of fused-ring (bicyclic) bond motifs is 3. The topological polar surface area (TPSA) is 34.9 Å². The molecule has 0 amide bonds. The van der Waals surface area contributed by atoms with E-state index in [-0.39, 0.29) is 5.02 Å². The van der Waals surface area contributed by atoms with Crippen LogP contribution in [0.3, 0.4) is 0 Å². The molecule has 2 aromatic carbocycles. The summed E-state index contributed by atoms with van der Waals surface area (Å²) >= 11 is 5.98. The molecule has 4 rings (SSSR count). The van der Waals surface area contributed by atoms with E-state index in [0.717, 1.165) is 51.8 Å². The highest BCUT2D eigenvalue weighted by Crippen LogP contribution is 2.35. The zero-order chi connectivity index (χ0) is 17.7. The Kier molecular flexibility index (Phi) is 4.01. The van der Waals surface area contributed by atoms with Crippen LogP contribution in [0.25, 0.3) is 16.9 Å². The highest BCUT2D eigenvalue weighted by Gasteiger charge is 2.24. The molecular formula is C19H16ClFN2OS. The first-order chi connectivity index (χ1) is 12.0. The van der Waals surface area contributed by atoms with Gasteiger partial charge in [0.2, 0.25) is 0 Å². The van der Waals surface area contributed by atoms with Crippen molar-refractivity contribution in [3.8, 4) is 16.9 Å². The summed E-state index contributed by atoms with van der Waals surface area (Å²) in [7, 11) is -1.01. The first kappa shape index (κ1) is 16.5. The van der Waals surface area contributed by atoms with Crippen molar-refractivity contribution in [2.75, 3.05) is 6.26 Å². The Labute approximate surface area is 152 Å². The van der Waals surface area contributed by atoms with Gasteiger partial charge in [0.1, 0.15) is 11.6 Å². The number of imidazole rings is 1. The van der Waals surface area contributed by atoms with E-state index in [0.29, 0.717) is 0 Å². The number of rotatable bonds is 2. The normalized spacial score (nSPS) is 14.1. The van der Waals surface area contributed by atoms with E-state index >= 15 is 0 Å². The van der Waals surface area contributed by atoms with Crippen LogP contribution in [0, 0.1) is 12.7 Å². The molecule has 1 aliphatic rings. The highest BCUT2D eigenvalue weighted by molar-refractivity contribution is 7.84. The van der Waals surface area contributed by atoms with Crippen LogP contribution < -0.4 is 0 Å². The second-order valence-corrected chi connectivity index (χ2v) is 7.96. The monoisotopic (exact) mass is 374 g/mol. The van der Waals surface area contributed by atoms with Gasteiger partial charge >= 0.3 is 0 Å². The average Bonchev–Trinajstić information content (AvgIpc) is 2.93. The van der Waals surface area contributed by atoms with E-state index in [2.05, 4.69) is 4.57 Å². The van der Waals surface area contributed by atoms with Crippen molar-refractivity contribution in [3.63, 3.8) is 0 Å². The smallest absolute Gasteiger partial charge is 0.141 e. The molecule has 2 heterocycles. The molecule has 1 aromatic heterocycles. The van der Waals surface area contributed by atoms with Gasteiger partial charge in [0.05, 0.1) is 22.1 Å². The molecule has 1 unspecified atom stereocenters. The standard InChI is InChI=1S/C19H16ClFN2OS/c1-11-19(13-3-6-16(21)15(20)10-13)23-17-7-5-14(25(2)24)9-12(17)4-8-18(23)22-11/h3,5-7,9-10H,4,8H2,1-2H3. The molecule has 3 nitrogen and oxygen atoms in total. The SMILES string of the molecule is Cc1nc2n(c1-c1ccc(F)c(Cl)c1)-c1ccc(S(C)=O)cc1CC2. The van der Waals surface area contributed by atoms with E-state index in [1.54, 1.807) is 18.4 Å². The molecule has 0 spiro atoms. The molecular weight excluding hydrogens is 359 g/mol. The maximum Gasteiger partial charge on any atom is 0.141 e. The fourth-order valence-electron chi connectivity index (χ4n) is 3.40. The van der Waals surface area contributed by atoms with Crippen molar-refractivity contribution in [2.45, 2.75) is 24.7 Å². The summed E-state index contributed by atoms with van der Waals surface area (Å²) < 4.78 is 27.4. The number of hydrogen-bond acceptors (Lipinski definition) is 2. The van der Waals surface area contributed by atoms with Crippen LogP contribution in [0.2, 0.25) is 5.02 Å². The van der Waals surface area contributed by atoms with Gasteiger partial charge in [-0.2, -0.15) is 0 Å². The number of hydrogen-bond donors (Lipinski definition) is 0. The zero-order valence-electron chi connectivity index (χ0n) is 13.8. The fraction of sp³-hybridized carbons (Fsp3) is 0.211. The largest absolute Gasteiger partial charge is 0.296 e. The number of halogens is 2. The third-order valence-corrected chi connectivity index (χ3v) is 5.76. The highest BCUT2D eigenvalue weighted by atomic mass is 35.5. The quantitative estimate of drug-likeness (QED) is 0.663. The lowest BCUT2D eigenvalue weighted by atomic mass is 10.0. The summed E-state index contributed by atoms with van der Waals surface area (Å²) in [5.74, 6) is 0.544. The van der Waals surface area contributed by atoms with Gasteiger partial charge < -0.3 is 0 Å². The second kappa shape index (κ2) is 6.07. The number of aromatic nitrogens is 2. The Hall–Kier alpha value is -1.98. The maximum absolute atomic E-state index is 13.6. The van der Waals surface area contributed by atoms with Crippen LogP contribution in [0.1, 0.15) is 17.1 Å². The van der Waals surface area contributed by atoms with Gasteiger partial charge in [-0.15, -0.1) is 0 Å². The molecule has 0 aliphatic carbocycles. The molecule has 0 bridgehead atoms. The number of benzene rings is 2. The Morgan fingerprint density at radius 3 is 2.72 bits per heavy atom. The summed E-state index contributed by atoms with van der Waals surface area (Å²) in [6, 6.07) is 10.6. The van der Waals surface area contributed by atoms with Gasteiger partial charge in [0.25, 0.3) is 0 Å². The minimum atomic E-state index is -1.01. The van der Waals surface area contributed by atoms with Crippen molar-refractivity contribution in [2.24, 2.45) is 0 Å². The van der Waals surface area contributed by atoms with E-state index in [4.69, 9.17) is 16.6 Å². The molecule has 6 heteroatoms. The van der Waals surface area contributed by atoms with Crippen molar-refractivity contribution < 1.29 is 8.60 Å². The maximum atomic E-state index is 13.6. The van der Waals surface area contributed by atoms with Crippen LogP contribution in [-0.4, -0.2) is 20.0 Å². The average molecular weight is 375 g/mol. The van der Waals surface area contributed by atoms with E-state index in [9.17, 15) is 8.60 Å². The Balaban J connectivity index is 1.94. The van der Waals surface area contributed by atoms with Gasteiger partial charge in [-0.25, -0.2) is 9.37 Å². The van der Waals surface area contributed by atoms with Crippen molar-refractivity contribution in [1.29, 1.82) is 0 Å².